The molecule has 0 spiro atoms. The highest BCUT2D eigenvalue weighted by Crippen LogP contribution is 2.27. The van der Waals surface area contributed by atoms with Crippen molar-refractivity contribution in [2.75, 3.05) is 17.1 Å². The molecule has 0 bridgehead atoms. The quantitative estimate of drug-likeness (QED) is 0.845. The van der Waals surface area contributed by atoms with Crippen molar-refractivity contribution >= 4 is 37.2 Å². The molecular formula is C12H15ClN4OS2. The Bertz CT molecular complexity index is 685. The van der Waals surface area contributed by atoms with Gasteiger partial charge in [-0.2, -0.15) is 5.10 Å². The van der Waals surface area contributed by atoms with Crippen molar-refractivity contribution in [1.82, 2.24) is 14.8 Å². The third-order valence-corrected chi connectivity index (χ3v) is 6.18. The van der Waals surface area contributed by atoms with Crippen molar-refractivity contribution in [2.45, 2.75) is 13.3 Å². The van der Waals surface area contributed by atoms with Crippen LogP contribution in [0.1, 0.15) is 13.3 Å². The zero-order valence-electron chi connectivity index (χ0n) is 11.2. The van der Waals surface area contributed by atoms with E-state index in [4.69, 9.17) is 22.8 Å². The van der Waals surface area contributed by atoms with E-state index >= 15 is 0 Å². The maximum atomic E-state index is 12.4. The molecule has 0 aliphatic heterocycles. The molecule has 0 saturated carbocycles. The Kier molecular flexibility index (Phi) is 4.62. The fourth-order valence-electron chi connectivity index (χ4n) is 1.72. The van der Waals surface area contributed by atoms with Gasteiger partial charge in [0.05, 0.1) is 18.1 Å². The lowest BCUT2D eigenvalue weighted by Crippen LogP contribution is -2.27. The number of aromatic nitrogens is 3. The topological polar surface area (TPSA) is 51.0 Å². The SMILES string of the molecule is CCCS(=O)(=S)N(C)c1cn(-c2cccnc2)nc1Cl. The van der Waals surface area contributed by atoms with Gasteiger partial charge in [0.1, 0.15) is 14.4 Å². The van der Waals surface area contributed by atoms with Gasteiger partial charge in [-0.3, -0.25) is 9.29 Å². The minimum absolute atomic E-state index is 0.269. The van der Waals surface area contributed by atoms with Crippen molar-refractivity contribution in [3.05, 3.63) is 35.9 Å². The molecule has 0 N–H and O–H groups in total. The van der Waals surface area contributed by atoms with E-state index < -0.39 is 8.68 Å². The average Bonchev–Trinajstić information content (AvgIpc) is 2.81. The Morgan fingerprint density at radius 3 is 2.90 bits per heavy atom. The summed E-state index contributed by atoms with van der Waals surface area (Å²) in [5, 5.41) is 4.47. The molecule has 0 aliphatic rings. The number of hydrogen-bond acceptors (Lipinski definition) is 4. The van der Waals surface area contributed by atoms with Gasteiger partial charge in [-0.15, -0.1) is 0 Å². The predicted octanol–water partition coefficient (Wildman–Crippen LogP) is 2.43. The summed E-state index contributed by atoms with van der Waals surface area (Å²) >= 11 is 11.3. The molecule has 5 nitrogen and oxygen atoms in total. The van der Waals surface area contributed by atoms with Crippen LogP contribution in [0.5, 0.6) is 0 Å². The number of rotatable bonds is 5. The van der Waals surface area contributed by atoms with Gasteiger partial charge in [0.2, 0.25) is 0 Å². The monoisotopic (exact) mass is 330 g/mol. The summed E-state index contributed by atoms with van der Waals surface area (Å²) in [5.41, 5.74) is 1.34. The van der Waals surface area contributed by atoms with Gasteiger partial charge in [-0.25, -0.2) is 8.89 Å². The van der Waals surface area contributed by atoms with Crippen LogP contribution in [0, 0.1) is 0 Å². The first kappa shape index (κ1) is 15.2. The van der Waals surface area contributed by atoms with Crippen LogP contribution >= 0.6 is 11.6 Å². The Morgan fingerprint density at radius 2 is 2.30 bits per heavy atom. The van der Waals surface area contributed by atoms with Crippen LogP contribution in [0.2, 0.25) is 5.15 Å². The normalized spacial score (nSPS) is 13.9. The first-order valence-corrected chi connectivity index (χ1v) is 9.06. The van der Waals surface area contributed by atoms with Gasteiger partial charge < -0.3 is 0 Å². The summed E-state index contributed by atoms with van der Waals surface area (Å²) in [5.74, 6) is 0.438. The molecule has 0 amide bonds. The lowest BCUT2D eigenvalue weighted by atomic mass is 10.4. The second kappa shape index (κ2) is 6.07. The molecule has 0 aromatic carbocycles. The third-order valence-electron chi connectivity index (χ3n) is 2.78. The molecule has 2 heterocycles. The fourth-order valence-corrected chi connectivity index (χ4v) is 3.99. The van der Waals surface area contributed by atoms with Crippen LogP contribution in [-0.4, -0.2) is 31.8 Å². The molecule has 0 aliphatic carbocycles. The largest absolute Gasteiger partial charge is 0.289 e. The van der Waals surface area contributed by atoms with Crippen LogP contribution in [0.3, 0.4) is 0 Å². The highest BCUT2D eigenvalue weighted by molar-refractivity contribution is 8.33. The average molecular weight is 331 g/mol. The maximum Gasteiger partial charge on any atom is 0.175 e. The summed E-state index contributed by atoms with van der Waals surface area (Å²) in [6, 6.07) is 3.67. The van der Waals surface area contributed by atoms with Gasteiger partial charge in [0, 0.05) is 30.2 Å². The van der Waals surface area contributed by atoms with E-state index in [1.165, 1.54) is 4.31 Å². The van der Waals surface area contributed by atoms with E-state index in [2.05, 4.69) is 10.1 Å². The zero-order chi connectivity index (χ0) is 14.8. The van der Waals surface area contributed by atoms with Crippen LogP contribution in [0.15, 0.2) is 30.7 Å². The van der Waals surface area contributed by atoms with E-state index in [9.17, 15) is 4.21 Å². The minimum Gasteiger partial charge on any atom is -0.289 e. The van der Waals surface area contributed by atoms with E-state index in [0.717, 1.165) is 12.1 Å². The summed E-state index contributed by atoms with van der Waals surface area (Å²) in [6.07, 6.45) is 5.81. The standard InChI is InChI=1S/C12H15ClN4OS2/c1-3-7-20(18,19)16(2)11-9-17(15-12(11)13)10-5-4-6-14-8-10/h4-6,8-9H,3,7H2,1-2H3. The van der Waals surface area contributed by atoms with Gasteiger partial charge in [0.15, 0.2) is 5.15 Å². The van der Waals surface area contributed by atoms with Crippen LogP contribution in [-0.2, 0) is 19.9 Å². The lowest BCUT2D eigenvalue weighted by Gasteiger charge is -2.20. The maximum absolute atomic E-state index is 12.4. The molecule has 1 atom stereocenters. The van der Waals surface area contributed by atoms with Crippen molar-refractivity contribution in [1.29, 1.82) is 0 Å². The smallest absolute Gasteiger partial charge is 0.175 e. The van der Waals surface area contributed by atoms with Crippen molar-refractivity contribution in [2.24, 2.45) is 0 Å². The number of halogens is 1. The molecule has 0 saturated heterocycles. The molecule has 20 heavy (non-hydrogen) atoms. The van der Waals surface area contributed by atoms with Crippen LogP contribution in [0.4, 0.5) is 5.69 Å². The van der Waals surface area contributed by atoms with Crippen LogP contribution in [0.25, 0.3) is 5.69 Å². The van der Waals surface area contributed by atoms with E-state index in [-0.39, 0.29) is 5.15 Å². The van der Waals surface area contributed by atoms with E-state index in [0.29, 0.717) is 11.4 Å². The number of anilines is 1. The Hall–Kier alpha value is -1.18. The van der Waals surface area contributed by atoms with Crippen molar-refractivity contribution in [3.8, 4) is 5.69 Å². The Balaban J connectivity index is 2.38. The zero-order valence-corrected chi connectivity index (χ0v) is 13.6. The number of nitrogens with zero attached hydrogens (tertiary/aromatic N) is 4. The Labute approximate surface area is 128 Å². The van der Waals surface area contributed by atoms with Gasteiger partial charge in [-0.1, -0.05) is 18.5 Å². The molecule has 2 rings (SSSR count). The van der Waals surface area contributed by atoms with E-state index in [1.54, 1.807) is 30.3 Å². The third kappa shape index (κ3) is 3.11. The summed E-state index contributed by atoms with van der Waals surface area (Å²) in [6.45, 7) is 1.94. The van der Waals surface area contributed by atoms with Gasteiger partial charge in [0.25, 0.3) is 0 Å². The van der Waals surface area contributed by atoms with E-state index in [1.807, 2.05) is 19.1 Å². The molecular weight excluding hydrogens is 316 g/mol. The minimum atomic E-state index is -2.54. The second-order valence-corrected chi connectivity index (χ2v) is 8.28. The van der Waals surface area contributed by atoms with Gasteiger partial charge in [-0.05, 0) is 18.6 Å². The Morgan fingerprint density at radius 1 is 1.55 bits per heavy atom. The lowest BCUT2D eigenvalue weighted by molar-refractivity contribution is 0.679. The molecule has 1 unspecified atom stereocenters. The first-order chi connectivity index (χ1) is 9.45. The summed E-state index contributed by atoms with van der Waals surface area (Å²) < 4.78 is 15.5. The van der Waals surface area contributed by atoms with Gasteiger partial charge >= 0.3 is 0 Å². The second-order valence-electron chi connectivity index (χ2n) is 4.24. The molecule has 0 fully saturated rings. The van der Waals surface area contributed by atoms with Crippen molar-refractivity contribution < 1.29 is 4.21 Å². The highest BCUT2D eigenvalue weighted by Gasteiger charge is 2.19. The number of hydrogen-bond donors (Lipinski definition) is 0. The summed E-state index contributed by atoms with van der Waals surface area (Å²) in [7, 11) is -0.859. The van der Waals surface area contributed by atoms with Crippen LogP contribution < -0.4 is 4.31 Å². The molecule has 2 aromatic heterocycles. The first-order valence-electron chi connectivity index (χ1n) is 6.08. The molecule has 2 aromatic rings. The number of pyridine rings is 1. The molecule has 0 radical (unpaired) electrons. The fraction of sp³-hybridized carbons (Fsp3) is 0.333. The van der Waals surface area contributed by atoms with Crippen molar-refractivity contribution in [3.63, 3.8) is 0 Å². The summed E-state index contributed by atoms with van der Waals surface area (Å²) in [4.78, 5) is 4.03. The predicted molar refractivity (Wildman–Crippen MR) is 85.4 cm³/mol. The molecule has 8 heteroatoms. The highest BCUT2D eigenvalue weighted by atomic mass is 35.5. The molecule has 108 valence electrons.